The second-order valence-corrected chi connectivity index (χ2v) is 5.36. The highest BCUT2D eigenvalue weighted by molar-refractivity contribution is 6.07. The van der Waals surface area contributed by atoms with Gasteiger partial charge in [-0.1, -0.05) is 6.07 Å². The molecule has 2 aromatic carbocycles. The van der Waals surface area contributed by atoms with Crippen molar-refractivity contribution in [3.63, 3.8) is 0 Å². The van der Waals surface area contributed by atoms with Gasteiger partial charge in [0.2, 0.25) is 0 Å². The van der Waals surface area contributed by atoms with Gasteiger partial charge >= 0.3 is 18.0 Å². The highest BCUT2D eigenvalue weighted by Crippen LogP contribution is 2.34. The van der Waals surface area contributed by atoms with Crippen LogP contribution < -0.4 is 20.1 Å². The summed E-state index contributed by atoms with van der Waals surface area (Å²) in [7, 11) is 5.34. The quantitative estimate of drug-likeness (QED) is 0.732. The highest BCUT2D eigenvalue weighted by atomic mass is 16.5. The molecule has 0 aliphatic heterocycles. The zero-order valence-electron chi connectivity index (χ0n) is 15.8. The molecule has 28 heavy (non-hydrogen) atoms. The minimum Gasteiger partial charge on any atom is -0.494 e. The maximum absolute atomic E-state index is 12.5. The maximum atomic E-state index is 12.5. The third-order valence-corrected chi connectivity index (χ3v) is 3.76. The number of methoxy groups -OCH3 is 4. The molecule has 0 saturated heterocycles. The van der Waals surface area contributed by atoms with Crippen molar-refractivity contribution in [1.29, 1.82) is 0 Å². The van der Waals surface area contributed by atoms with E-state index in [1.165, 1.54) is 46.6 Å². The molecule has 0 unspecified atom stereocenters. The van der Waals surface area contributed by atoms with Gasteiger partial charge in [0.15, 0.2) is 0 Å². The molecular formula is C19H20N2O7. The monoisotopic (exact) mass is 388 g/mol. The molecule has 9 heteroatoms. The molecule has 2 rings (SSSR count). The van der Waals surface area contributed by atoms with Crippen molar-refractivity contribution in [2.45, 2.75) is 0 Å². The van der Waals surface area contributed by atoms with Crippen molar-refractivity contribution in [3.05, 3.63) is 47.5 Å². The Balaban J connectivity index is 2.35. The Morgan fingerprint density at radius 3 is 1.93 bits per heavy atom. The molecule has 0 fully saturated rings. The van der Waals surface area contributed by atoms with E-state index in [0.29, 0.717) is 17.2 Å². The smallest absolute Gasteiger partial charge is 0.339 e. The van der Waals surface area contributed by atoms with E-state index < -0.39 is 18.0 Å². The van der Waals surface area contributed by atoms with E-state index in [9.17, 15) is 14.4 Å². The highest BCUT2D eigenvalue weighted by Gasteiger charge is 2.19. The molecule has 0 atom stereocenters. The van der Waals surface area contributed by atoms with Gasteiger partial charge in [0.1, 0.15) is 17.2 Å². The predicted molar refractivity (Wildman–Crippen MR) is 101 cm³/mol. The number of anilines is 2. The Bertz CT molecular complexity index is 874. The zero-order chi connectivity index (χ0) is 20.7. The van der Waals surface area contributed by atoms with Crippen LogP contribution in [0.2, 0.25) is 0 Å². The predicted octanol–water partition coefficient (Wildman–Crippen LogP) is 2.92. The summed E-state index contributed by atoms with van der Waals surface area (Å²) in [6.07, 6.45) is 0. The lowest BCUT2D eigenvalue weighted by molar-refractivity contribution is 0.0587. The van der Waals surface area contributed by atoms with E-state index >= 15 is 0 Å². The fourth-order valence-electron chi connectivity index (χ4n) is 2.42. The number of hydrogen-bond donors (Lipinski definition) is 2. The first-order chi connectivity index (χ1) is 13.4. The fourth-order valence-corrected chi connectivity index (χ4v) is 2.42. The summed E-state index contributed by atoms with van der Waals surface area (Å²) in [5.41, 5.74) is 0.590. The number of carbonyl (C=O) groups is 3. The largest absolute Gasteiger partial charge is 0.494 e. The summed E-state index contributed by atoms with van der Waals surface area (Å²) < 4.78 is 19.8. The average molecular weight is 388 g/mol. The molecular weight excluding hydrogens is 368 g/mol. The van der Waals surface area contributed by atoms with Gasteiger partial charge < -0.3 is 29.6 Å². The Morgan fingerprint density at radius 1 is 0.786 bits per heavy atom. The summed E-state index contributed by atoms with van der Waals surface area (Å²) in [6.45, 7) is 0. The Labute approximate surface area is 161 Å². The van der Waals surface area contributed by atoms with Gasteiger partial charge in [0, 0.05) is 0 Å². The third-order valence-electron chi connectivity index (χ3n) is 3.76. The Hall–Kier alpha value is -3.75. The van der Waals surface area contributed by atoms with Gasteiger partial charge in [0.25, 0.3) is 0 Å². The van der Waals surface area contributed by atoms with Crippen molar-refractivity contribution in [2.75, 3.05) is 39.1 Å². The number of ether oxygens (including phenoxy) is 4. The van der Waals surface area contributed by atoms with E-state index in [1.54, 1.807) is 18.2 Å². The maximum Gasteiger partial charge on any atom is 0.339 e. The molecule has 0 aliphatic carbocycles. The lowest BCUT2D eigenvalue weighted by atomic mass is 10.1. The number of esters is 2. The van der Waals surface area contributed by atoms with E-state index in [-0.39, 0.29) is 16.8 Å². The molecule has 2 amide bonds. The van der Waals surface area contributed by atoms with Gasteiger partial charge in [-0.05, 0) is 30.3 Å². The molecule has 0 radical (unpaired) electrons. The molecule has 0 saturated carbocycles. The fraction of sp³-hybridized carbons (Fsp3) is 0.211. The molecule has 9 nitrogen and oxygen atoms in total. The molecule has 0 aliphatic rings. The van der Waals surface area contributed by atoms with Crippen LogP contribution in [0.25, 0.3) is 0 Å². The molecule has 148 valence electrons. The number of hydrogen-bond acceptors (Lipinski definition) is 7. The molecule has 0 heterocycles. The lowest BCUT2D eigenvalue weighted by Crippen LogP contribution is -2.22. The minimum absolute atomic E-state index is 0.0669. The minimum atomic E-state index is -0.685. The number of carbonyl (C=O) groups excluding carboxylic acids is 3. The van der Waals surface area contributed by atoms with Gasteiger partial charge in [-0.15, -0.1) is 0 Å². The van der Waals surface area contributed by atoms with Crippen LogP contribution in [0.1, 0.15) is 20.7 Å². The van der Waals surface area contributed by atoms with Crippen LogP contribution in [-0.2, 0) is 9.47 Å². The number of nitrogens with one attached hydrogen (secondary N) is 2. The number of para-hydroxylation sites is 1. The van der Waals surface area contributed by atoms with Crippen LogP contribution in [0.15, 0.2) is 36.4 Å². The first kappa shape index (κ1) is 20.6. The first-order valence-corrected chi connectivity index (χ1v) is 8.04. The first-order valence-electron chi connectivity index (χ1n) is 8.04. The van der Waals surface area contributed by atoms with Crippen molar-refractivity contribution in [2.24, 2.45) is 0 Å². The number of rotatable bonds is 6. The summed E-state index contributed by atoms with van der Waals surface area (Å²) >= 11 is 0. The van der Waals surface area contributed by atoms with Crippen molar-refractivity contribution in [3.8, 4) is 11.5 Å². The lowest BCUT2D eigenvalue weighted by Gasteiger charge is -2.16. The normalized spacial score (nSPS) is 9.86. The summed E-state index contributed by atoms with van der Waals surface area (Å²) in [4.78, 5) is 36.3. The van der Waals surface area contributed by atoms with Gasteiger partial charge in [-0.25, -0.2) is 14.4 Å². The second-order valence-electron chi connectivity index (χ2n) is 5.36. The molecule has 0 aromatic heterocycles. The van der Waals surface area contributed by atoms with Crippen LogP contribution >= 0.6 is 0 Å². The summed E-state index contributed by atoms with van der Waals surface area (Å²) in [5, 5.41) is 5.13. The van der Waals surface area contributed by atoms with Crippen molar-refractivity contribution in [1.82, 2.24) is 0 Å². The van der Waals surface area contributed by atoms with Crippen LogP contribution in [0.5, 0.6) is 11.5 Å². The molecule has 2 N–H and O–H groups in total. The summed E-state index contributed by atoms with van der Waals surface area (Å²) in [5.74, 6) is -0.537. The Kier molecular flexibility index (Phi) is 6.80. The van der Waals surface area contributed by atoms with E-state index in [2.05, 4.69) is 15.4 Å². The van der Waals surface area contributed by atoms with Crippen LogP contribution in [0.4, 0.5) is 16.2 Å². The second kappa shape index (κ2) is 9.26. The Morgan fingerprint density at radius 2 is 1.39 bits per heavy atom. The number of benzene rings is 2. The molecule has 2 aromatic rings. The number of amides is 2. The van der Waals surface area contributed by atoms with Gasteiger partial charge in [-0.3, -0.25) is 0 Å². The SMILES string of the molecule is COC(=O)c1ccc(C(=O)OC)c(NC(=O)Nc2c(OC)cccc2OC)c1. The van der Waals surface area contributed by atoms with Crippen LogP contribution in [-0.4, -0.2) is 46.4 Å². The molecule has 0 spiro atoms. The van der Waals surface area contributed by atoms with Crippen LogP contribution in [0, 0.1) is 0 Å². The molecule has 0 bridgehead atoms. The van der Waals surface area contributed by atoms with Gasteiger partial charge in [-0.2, -0.15) is 0 Å². The van der Waals surface area contributed by atoms with Crippen molar-refractivity contribution < 1.29 is 33.3 Å². The third kappa shape index (κ3) is 4.50. The average Bonchev–Trinajstić information content (AvgIpc) is 2.72. The van der Waals surface area contributed by atoms with Crippen molar-refractivity contribution >= 4 is 29.3 Å². The number of urea groups is 1. The van der Waals surface area contributed by atoms with E-state index in [4.69, 9.17) is 14.2 Å². The van der Waals surface area contributed by atoms with E-state index in [1.807, 2.05) is 0 Å². The van der Waals surface area contributed by atoms with Gasteiger partial charge in [0.05, 0.1) is 45.3 Å². The van der Waals surface area contributed by atoms with Crippen LogP contribution in [0.3, 0.4) is 0 Å². The van der Waals surface area contributed by atoms with E-state index in [0.717, 1.165) is 0 Å². The summed E-state index contributed by atoms with van der Waals surface area (Å²) in [6, 6.07) is 8.38. The zero-order valence-corrected chi connectivity index (χ0v) is 15.8. The topological polar surface area (TPSA) is 112 Å². The standard InChI is InChI=1S/C19H20N2O7/c1-25-14-6-5-7-15(26-2)16(14)21-19(24)20-13-10-11(17(22)27-3)8-9-12(13)18(23)28-4/h5-10H,1-4H3,(H2,20,21,24).